The number of carbonyl (C=O) groups is 1. The lowest BCUT2D eigenvalue weighted by molar-refractivity contribution is -0.192. The first kappa shape index (κ1) is 29.0. The van der Waals surface area contributed by atoms with Gasteiger partial charge in [0.1, 0.15) is 11.6 Å². The Hall–Kier alpha value is -3.52. The molecule has 1 saturated heterocycles. The van der Waals surface area contributed by atoms with Gasteiger partial charge in [-0.1, -0.05) is 12.1 Å². The lowest BCUT2D eigenvalue weighted by Crippen LogP contribution is -2.39. The number of rotatable bonds is 6. The van der Waals surface area contributed by atoms with Gasteiger partial charge in [-0.15, -0.1) is 0 Å². The average molecular weight is 558 g/mol. The molecule has 1 fully saturated rings. The number of carboxylic acids is 1. The van der Waals surface area contributed by atoms with Crippen LogP contribution in [-0.2, 0) is 14.8 Å². The summed E-state index contributed by atoms with van der Waals surface area (Å²) in [6.07, 6.45) is -3.42. The fraction of sp³-hybridized carbons (Fsp3) is 0.375. The highest BCUT2D eigenvalue weighted by molar-refractivity contribution is 7.89. The van der Waals surface area contributed by atoms with Gasteiger partial charge < -0.3 is 14.9 Å². The maximum atomic E-state index is 13.1. The normalized spacial score (nSPS) is 14.6. The summed E-state index contributed by atoms with van der Waals surface area (Å²) < 4.78 is 72.3. The number of nitrogens with one attached hydrogen (secondary N) is 1. The summed E-state index contributed by atoms with van der Waals surface area (Å²) in [4.78, 5) is 22.6. The standard InChI is InChI=1S/C22H26FN5O2S.C2HF3O2/c1-27(2)21-19-5-3-4-6-20(19)25-22(26-21)28-13-11-16(12-14-28)15-24-31(29,30)18-9-7-17(23)8-10-18;3-2(4,5)1(6)7/h3-10,16,24H,11-15H2,1-2H3;(H,6,7). The smallest absolute Gasteiger partial charge is 0.475 e. The lowest BCUT2D eigenvalue weighted by atomic mass is 9.97. The van der Waals surface area contributed by atoms with Crippen LogP contribution in [-0.4, -0.2) is 69.4 Å². The molecule has 0 atom stereocenters. The predicted octanol–water partition coefficient (Wildman–Crippen LogP) is 3.66. The minimum atomic E-state index is -5.08. The Balaban J connectivity index is 0.000000505. The summed E-state index contributed by atoms with van der Waals surface area (Å²) in [5.41, 5.74) is 0.908. The summed E-state index contributed by atoms with van der Waals surface area (Å²) in [6, 6.07) is 12.8. The van der Waals surface area contributed by atoms with E-state index in [4.69, 9.17) is 19.9 Å². The molecule has 14 heteroatoms. The largest absolute Gasteiger partial charge is 0.490 e. The molecule has 1 aliphatic heterocycles. The molecule has 2 heterocycles. The number of para-hydroxylation sites is 1. The Morgan fingerprint density at radius 2 is 1.66 bits per heavy atom. The zero-order valence-corrected chi connectivity index (χ0v) is 21.4. The molecule has 1 aliphatic rings. The monoisotopic (exact) mass is 557 g/mol. The van der Waals surface area contributed by atoms with Crippen LogP contribution in [0.1, 0.15) is 12.8 Å². The van der Waals surface area contributed by atoms with Crippen molar-refractivity contribution in [2.75, 3.05) is 43.5 Å². The number of piperidine rings is 1. The molecule has 206 valence electrons. The van der Waals surface area contributed by atoms with Gasteiger partial charge in [0, 0.05) is 39.1 Å². The molecule has 2 aromatic carbocycles. The van der Waals surface area contributed by atoms with E-state index in [1.165, 1.54) is 12.1 Å². The molecule has 38 heavy (non-hydrogen) atoms. The van der Waals surface area contributed by atoms with E-state index in [0.717, 1.165) is 54.8 Å². The predicted molar refractivity (Wildman–Crippen MR) is 134 cm³/mol. The number of fused-ring (bicyclic) bond motifs is 1. The highest BCUT2D eigenvalue weighted by Gasteiger charge is 2.38. The Labute approximate surface area is 217 Å². The Morgan fingerprint density at radius 1 is 1.08 bits per heavy atom. The highest BCUT2D eigenvalue weighted by Crippen LogP contribution is 2.27. The van der Waals surface area contributed by atoms with Gasteiger partial charge in [0.2, 0.25) is 16.0 Å². The van der Waals surface area contributed by atoms with Crippen molar-refractivity contribution in [3.63, 3.8) is 0 Å². The van der Waals surface area contributed by atoms with E-state index in [1.54, 1.807) is 0 Å². The Kier molecular flexibility index (Phi) is 9.09. The summed E-state index contributed by atoms with van der Waals surface area (Å²) in [5.74, 6) is -1.41. The lowest BCUT2D eigenvalue weighted by Gasteiger charge is -2.32. The van der Waals surface area contributed by atoms with Crippen molar-refractivity contribution in [1.82, 2.24) is 14.7 Å². The molecule has 0 bridgehead atoms. The molecule has 9 nitrogen and oxygen atoms in total. The third kappa shape index (κ3) is 7.51. The Morgan fingerprint density at radius 3 is 2.21 bits per heavy atom. The van der Waals surface area contributed by atoms with Crippen LogP contribution in [0.25, 0.3) is 10.9 Å². The van der Waals surface area contributed by atoms with Gasteiger partial charge in [0.15, 0.2) is 0 Å². The second-order valence-corrected chi connectivity index (χ2v) is 10.6. The minimum absolute atomic E-state index is 0.0760. The van der Waals surface area contributed by atoms with Gasteiger partial charge in [-0.05, 0) is 55.2 Å². The van der Waals surface area contributed by atoms with E-state index >= 15 is 0 Å². The molecule has 3 aromatic rings. The molecule has 1 aromatic heterocycles. The molecule has 2 N–H and O–H groups in total. The van der Waals surface area contributed by atoms with Crippen molar-refractivity contribution in [1.29, 1.82) is 0 Å². The number of alkyl halides is 3. The van der Waals surface area contributed by atoms with Crippen molar-refractivity contribution in [2.45, 2.75) is 23.9 Å². The van der Waals surface area contributed by atoms with E-state index in [0.29, 0.717) is 12.5 Å². The number of sulfonamides is 1. The van der Waals surface area contributed by atoms with Crippen LogP contribution in [0.5, 0.6) is 0 Å². The van der Waals surface area contributed by atoms with Crippen LogP contribution < -0.4 is 14.5 Å². The zero-order chi connectivity index (χ0) is 28.1. The van der Waals surface area contributed by atoms with Crippen LogP contribution in [0.2, 0.25) is 0 Å². The maximum absolute atomic E-state index is 13.1. The van der Waals surface area contributed by atoms with Gasteiger partial charge in [-0.3, -0.25) is 0 Å². The SMILES string of the molecule is CN(C)c1nc(N2CCC(CNS(=O)(=O)c3ccc(F)cc3)CC2)nc2ccccc12.O=C(O)C(F)(F)F. The molecule has 0 amide bonds. The molecule has 0 radical (unpaired) electrons. The summed E-state index contributed by atoms with van der Waals surface area (Å²) in [5, 5.41) is 8.14. The van der Waals surface area contributed by atoms with Crippen molar-refractivity contribution in [3.8, 4) is 0 Å². The highest BCUT2D eigenvalue weighted by atomic mass is 32.2. The first-order chi connectivity index (χ1) is 17.8. The number of anilines is 2. The van der Waals surface area contributed by atoms with E-state index in [2.05, 4.69) is 9.62 Å². The summed E-state index contributed by atoms with van der Waals surface area (Å²) >= 11 is 0. The second-order valence-electron chi connectivity index (χ2n) is 8.80. The fourth-order valence-corrected chi connectivity index (χ4v) is 4.91. The number of aliphatic carboxylic acids is 1. The first-order valence-electron chi connectivity index (χ1n) is 11.5. The molecule has 0 aliphatic carbocycles. The molecule has 0 spiro atoms. The average Bonchev–Trinajstić information content (AvgIpc) is 2.87. The maximum Gasteiger partial charge on any atom is 0.490 e. The molecular weight excluding hydrogens is 530 g/mol. The van der Waals surface area contributed by atoms with Crippen LogP contribution in [0.3, 0.4) is 0 Å². The molecule has 0 unspecified atom stereocenters. The second kappa shape index (κ2) is 11.9. The van der Waals surface area contributed by atoms with Gasteiger partial charge >= 0.3 is 12.1 Å². The van der Waals surface area contributed by atoms with Crippen molar-refractivity contribution >= 4 is 38.7 Å². The van der Waals surface area contributed by atoms with E-state index in [9.17, 15) is 26.0 Å². The number of nitrogens with zero attached hydrogens (tertiary/aromatic N) is 4. The van der Waals surface area contributed by atoms with Gasteiger partial charge in [-0.25, -0.2) is 27.3 Å². The molecule has 0 saturated carbocycles. The number of carboxylic acid groups (broad SMARTS) is 1. The third-order valence-electron chi connectivity index (χ3n) is 5.82. The quantitative estimate of drug-likeness (QED) is 0.442. The topological polar surface area (TPSA) is 116 Å². The van der Waals surface area contributed by atoms with Crippen LogP contribution in [0.4, 0.5) is 29.3 Å². The van der Waals surface area contributed by atoms with Gasteiger partial charge in [0.05, 0.1) is 10.4 Å². The number of halogens is 4. The van der Waals surface area contributed by atoms with Gasteiger partial charge in [0.25, 0.3) is 0 Å². The minimum Gasteiger partial charge on any atom is -0.475 e. The number of benzene rings is 2. The molecular formula is C24H27F4N5O4S. The van der Waals surface area contributed by atoms with E-state index < -0.39 is 28.0 Å². The Bertz CT molecular complexity index is 1360. The van der Waals surface area contributed by atoms with Crippen LogP contribution in [0.15, 0.2) is 53.4 Å². The number of hydrogen-bond donors (Lipinski definition) is 2. The van der Waals surface area contributed by atoms with Crippen LogP contribution in [0, 0.1) is 11.7 Å². The van der Waals surface area contributed by atoms with Crippen molar-refractivity contribution in [2.24, 2.45) is 5.92 Å². The zero-order valence-electron chi connectivity index (χ0n) is 20.6. The van der Waals surface area contributed by atoms with Crippen LogP contribution >= 0.6 is 0 Å². The first-order valence-corrected chi connectivity index (χ1v) is 13.0. The van der Waals surface area contributed by atoms with E-state index in [1.807, 2.05) is 43.3 Å². The number of aromatic nitrogens is 2. The molecule has 4 rings (SSSR count). The fourth-order valence-electron chi connectivity index (χ4n) is 3.79. The third-order valence-corrected chi connectivity index (χ3v) is 7.26. The van der Waals surface area contributed by atoms with E-state index in [-0.39, 0.29) is 10.8 Å². The summed E-state index contributed by atoms with van der Waals surface area (Å²) in [6.45, 7) is 1.87. The number of hydrogen-bond acceptors (Lipinski definition) is 7. The van der Waals surface area contributed by atoms with Crippen molar-refractivity contribution in [3.05, 3.63) is 54.3 Å². The summed E-state index contributed by atoms with van der Waals surface area (Å²) in [7, 11) is 0.298. The van der Waals surface area contributed by atoms with Gasteiger partial charge in [-0.2, -0.15) is 18.2 Å². The van der Waals surface area contributed by atoms with Crippen molar-refractivity contribution < 1.29 is 35.9 Å².